The Hall–Kier alpha value is -0.830. The van der Waals surface area contributed by atoms with E-state index >= 15 is 0 Å². The van der Waals surface area contributed by atoms with Crippen LogP contribution in [-0.4, -0.2) is 11.3 Å². The van der Waals surface area contributed by atoms with Gasteiger partial charge < -0.3 is 4.74 Å². The van der Waals surface area contributed by atoms with E-state index in [1.807, 2.05) is 12.1 Å². The number of hydrogen-bond acceptors (Lipinski definition) is 2. The van der Waals surface area contributed by atoms with Crippen LogP contribution < -0.4 is 4.74 Å². The predicted molar refractivity (Wildman–Crippen MR) is 53.5 cm³/mol. The van der Waals surface area contributed by atoms with E-state index in [-0.39, 0.29) is 4.69 Å². The van der Waals surface area contributed by atoms with E-state index in [9.17, 15) is 4.79 Å². The minimum absolute atomic E-state index is 0.0686. The zero-order valence-corrected chi connectivity index (χ0v) is 8.63. The van der Waals surface area contributed by atoms with Crippen molar-refractivity contribution in [1.82, 2.24) is 0 Å². The summed E-state index contributed by atoms with van der Waals surface area (Å²) in [4.78, 5) is 11.0. The van der Waals surface area contributed by atoms with E-state index < -0.39 is 0 Å². The molecule has 0 radical (unpaired) electrons. The summed E-state index contributed by atoms with van der Waals surface area (Å²) in [7, 11) is 0. The molecule has 1 aliphatic heterocycles. The van der Waals surface area contributed by atoms with E-state index in [0.717, 1.165) is 30.8 Å². The molecule has 1 aliphatic rings. The van der Waals surface area contributed by atoms with Crippen molar-refractivity contribution < 1.29 is 9.53 Å². The molecule has 0 spiro atoms. The summed E-state index contributed by atoms with van der Waals surface area (Å²) in [6.45, 7) is 0.786. The number of hydrogen-bond donors (Lipinski definition) is 0. The number of fused-ring (bicyclic) bond motifs is 1. The standard InChI is InChI=1S/C10H9BrO2/c11-10(12)8-3-4-9-7(6-8)2-1-5-13-9/h3-4,6H,1-2,5H2. The summed E-state index contributed by atoms with van der Waals surface area (Å²) in [5.41, 5.74) is 1.83. The van der Waals surface area contributed by atoms with Gasteiger partial charge in [-0.3, -0.25) is 4.79 Å². The highest BCUT2D eigenvalue weighted by Gasteiger charge is 2.11. The van der Waals surface area contributed by atoms with Crippen LogP contribution in [0.3, 0.4) is 0 Å². The Balaban J connectivity index is 2.40. The van der Waals surface area contributed by atoms with Crippen molar-refractivity contribution in [2.75, 3.05) is 6.61 Å². The Morgan fingerprint density at radius 3 is 3.08 bits per heavy atom. The van der Waals surface area contributed by atoms with E-state index in [1.54, 1.807) is 6.07 Å². The molecule has 2 rings (SSSR count). The lowest BCUT2D eigenvalue weighted by Gasteiger charge is -2.17. The van der Waals surface area contributed by atoms with Crippen molar-refractivity contribution in [3.05, 3.63) is 29.3 Å². The van der Waals surface area contributed by atoms with Gasteiger partial charge in [-0.1, -0.05) is 0 Å². The van der Waals surface area contributed by atoms with E-state index in [4.69, 9.17) is 4.74 Å². The Bertz CT molecular complexity index is 347. The summed E-state index contributed by atoms with van der Waals surface area (Å²) >= 11 is 2.93. The molecule has 1 aromatic rings. The maximum atomic E-state index is 11.0. The van der Waals surface area contributed by atoms with E-state index in [2.05, 4.69) is 15.9 Å². The highest BCUT2D eigenvalue weighted by molar-refractivity contribution is 9.18. The first-order valence-corrected chi connectivity index (χ1v) is 5.02. The second-order valence-electron chi connectivity index (χ2n) is 3.05. The lowest BCUT2D eigenvalue weighted by Crippen LogP contribution is -2.08. The third kappa shape index (κ3) is 1.75. The molecule has 0 unspecified atom stereocenters. The summed E-state index contributed by atoms with van der Waals surface area (Å²) in [5.74, 6) is 0.920. The summed E-state index contributed by atoms with van der Waals surface area (Å²) in [6, 6.07) is 5.54. The molecule has 0 saturated carbocycles. The SMILES string of the molecule is O=C(Br)c1ccc2c(c1)CCCO2. The van der Waals surface area contributed by atoms with Gasteiger partial charge in [0.15, 0.2) is 0 Å². The maximum Gasteiger partial charge on any atom is 0.228 e. The normalized spacial score (nSPS) is 14.5. The van der Waals surface area contributed by atoms with Gasteiger partial charge in [0.2, 0.25) is 4.69 Å². The molecule has 0 aliphatic carbocycles. The van der Waals surface area contributed by atoms with Gasteiger partial charge in [-0.15, -0.1) is 0 Å². The number of halogens is 1. The van der Waals surface area contributed by atoms with Crippen LogP contribution >= 0.6 is 15.9 Å². The first-order valence-electron chi connectivity index (χ1n) is 4.23. The van der Waals surface area contributed by atoms with E-state index in [1.165, 1.54) is 0 Å². The predicted octanol–water partition coefficient (Wildman–Crippen LogP) is 2.55. The fraction of sp³-hybridized carbons (Fsp3) is 0.300. The van der Waals surface area contributed by atoms with Gasteiger partial charge in [-0.2, -0.15) is 0 Å². The quantitative estimate of drug-likeness (QED) is 0.706. The number of aryl methyl sites for hydroxylation is 1. The highest BCUT2D eigenvalue weighted by Crippen LogP contribution is 2.26. The molecule has 0 N–H and O–H groups in total. The van der Waals surface area contributed by atoms with Gasteiger partial charge in [0.1, 0.15) is 5.75 Å². The third-order valence-electron chi connectivity index (χ3n) is 2.14. The molecular weight excluding hydrogens is 232 g/mol. The Morgan fingerprint density at radius 1 is 1.46 bits per heavy atom. The van der Waals surface area contributed by atoms with Gasteiger partial charge in [0.25, 0.3) is 0 Å². The fourth-order valence-electron chi connectivity index (χ4n) is 1.48. The van der Waals surface area contributed by atoms with Crippen molar-refractivity contribution in [3.8, 4) is 5.75 Å². The number of rotatable bonds is 1. The smallest absolute Gasteiger partial charge is 0.228 e. The minimum Gasteiger partial charge on any atom is -0.493 e. The van der Waals surface area contributed by atoms with Gasteiger partial charge >= 0.3 is 0 Å². The third-order valence-corrected chi connectivity index (χ3v) is 2.59. The highest BCUT2D eigenvalue weighted by atomic mass is 79.9. The molecular formula is C10H9BrO2. The topological polar surface area (TPSA) is 26.3 Å². The Kier molecular flexibility index (Phi) is 2.36. The number of carbonyl (C=O) groups is 1. The van der Waals surface area contributed by atoms with Gasteiger partial charge in [0.05, 0.1) is 6.61 Å². The van der Waals surface area contributed by atoms with Crippen LogP contribution in [0.25, 0.3) is 0 Å². The lowest BCUT2D eigenvalue weighted by atomic mass is 10.0. The van der Waals surface area contributed by atoms with Crippen LogP contribution in [0.15, 0.2) is 18.2 Å². The number of benzene rings is 1. The van der Waals surface area contributed by atoms with Gasteiger partial charge in [-0.25, -0.2) is 0 Å². The average molecular weight is 241 g/mol. The van der Waals surface area contributed by atoms with Crippen LogP contribution in [0.1, 0.15) is 22.3 Å². The molecule has 1 heterocycles. The van der Waals surface area contributed by atoms with Crippen LogP contribution in [0.2, 0.25) is 0 Å². The van der Waals surface area contributed by atoms with Crippen LogP contribution in [-0.2, 0) is 6.42 Å². The molecule has 13 heavy (non-hydrogen) atoms. The molecule has 0 saturated heterocycles. The molecule has 1 aromatic carbocycles. The maximum absolute atomic E-state index is 11.0. The van der Waals surface area contributed by atoms with Crippen molar-refractivity contribution in [2.24, 2.45) is 0 Å². The Morgan fingerprint density at radius 2 is 2.31 bits per heavy atom. The van der Waals surface area contributed by atoms with Crippen molar-refractivity contribution in [3.63, 3.8) is 0 Å². The Labute approximate surface area is 85.0 Å². The number of ether oxygens (including phenoxy) is 1. The van der Waals surface area contributed by atoms with Crippen molar-refractivity contribution in [2.45, 2.75) is 12.8 Å². The van der Waals surface area contributed by atoms with Crippen molar-refractivity contribution in [1.29, 1.82) is 0 Å². The molecule has 0 amide bonds. The first-order chi connectivity index (χ1) is 6.27. The lowest BCUT2D eigenvalue weighted by molar-refractivity contribution is 0.109. The van der Waals surface area contributed by atoms with E-state index in [0.29, 0.717) is 5.56 Å². The summed E-state index contributed by atoms with van der Waals surface area (Å²) in [6.07, 6.45) is 2.04. The second kappa shape index (κ2) is 3.50. The summed E-state index contributed by atoms with van der Waals surface area (Å²) < 4.78 is 5.36. The molecule has 68 valence electrons. The molecule has 2 nitrogen and oxygen atoms in total. The van der Waals surface area contributed by atoms with Crippen LogP contribution in [0, 0.1) is 0 Å². The molecule has 0 fully saturated rings. The fourth-order valence-corrected chi connectivity index (χ4v) is 1.73. The van der Waals surface area contributed by atoms with Crippen molar-refractivity contribution >= 4 is 20.6 Å². The zero-order valence-electron chi connectivity index (χ0n) is 7.05. The number of carbonyl (C=O) groups excluding carboxylic acids is 1. The van der Waals surface area contributed by atoms with Crippen LogP contribution in [0.5, 0.6) is 5.75 Å². The minimum atomic E-state index is -0.0686. The van der Waals surface area contributed by atoms with Gasteiger partial charge in [0, 0.05) is 5.56 Å². The largest absolute Gasteiger partial charge is 0.493 e. The first kappa shape index (κ1) is 8.75. The average Bonchev–Trinajstić information content (AvgIpc) is 2.17. The monoisotopic (exact) mass is 240 g/mol. The molecule has 0 atom stereocenters. The molecule has 0 aromatic heterocycles. The van der Waals surface area contributed by atoms with Gasteiger partial charge in [-0.05, 0) is 52.5 Å². The molecule has 3 heteroatoms. The van der Waals surface area contributed by atoms with Crippen LogP contribution in [0.4, 0.5) is 0 Å². The zero-order chi connectivity index (χ0) is 9.26. The molecule has 0 bridgehead atoms. The summed E-state index contributed by atoms with van der Waals surface area (Å²) in [5, 5.41) is 0. The second-order valence-corrected chi connectivity index (χ2v) is 3.77.